The summed E-state index contributed by atoms with van der Waals surface area (Å²) < 4.78 is 13.6. The first-order valence-electron chi connectivity index (χ1n) is 10.7. The first-order valence-corrected chi connectivity index (χ1v) is 10.7. The topological polar surface area (TPSA) is 65.0 Å². The van der Waals surface area contributed by atoms with Gasteiger partial charge in [0.1, 0.15) is 18.9 Å². The van der Waals surface area contributed by atoms with Crippen LogP contribution in [0.25, 0.3) is 16.9 Å². The molecule has 0 fully saturated rings. The van der Waals surface area contributed by atoms with Crippen molar-refractivity contribution in [1.29, 1.82) is 0 Å². The quantitative estimate of drug-likeness (QED) is 0.553. The van der Waals surface area contributed by atoms with Crippen molar-refractivity contribution in [3.05, 3.63) is 77.6 Å². The molecule has 6 heteroatoms. The van der Waals surface area contributed by atoms with Crippen LogP contribution in [0.3, 0.4) is 0 Å². The maximum absolute atomic E-state index is 6.13. The highest BCUT2D eigenvalue weighted by Crippen LogP contribution is 2.36. The summed E-state index contributed by atoms with van der Waals surface area (Å²) in [5.74, 6) is 1.57. The van der Waals surface area contributed by atoms with Crippen molar-refractivity contribution in [2.75, 3.05) is 25.5 Å². The maximum Gasteiger partial charge on any atom is 0.162 e. The molecule has 31 heavy (non-hydrogen) atoms. The molecule has 2 N–H and O–H groups in total. The number of nitrogen functional groups attached to an aromatic ring is 1. The summed E-state index contributed by atoms with van der Waals surface area (Å²) in [5.41, 5.74) is 13.7. The van der Waals surface area contributed by atoms with E-state index < -0.39 is 0 Å². The van der Waals surface area contributed by atoms with Crippen molar-refractivity contribution >= 4 is 11.3 Å². The molecular formula is C25H24N4O2. The third-order valence-electron chi connectivity index (χ3n) is 6.14. The lowest BCUT2D eigenvalue weighted by Gasteiger charge is -2.29. The molecule has 0 atom stereocenters. The van der Waals surface area contributed by atoms with E-state index in [9.17, 15) is 0 Å². The van der Waals surface area contributed by atoms with Gasteiger partial charge in [-0.05, 0) is 47.9 Å². The fourth-order valence-electron chi connectivity index (χ4n) is 4.58. The van der Waals surface area contributed by atoms with Crippen LogP contribution in [-0.2, 0) is 19.5 Å². The Hall–Kier alpha value is -3.51. The molecule has 2 aliphatic heterocycles. The van der Waals surface area contributed by atoms with E-state index in [-0.39, 0.29) is 0 Å². The van der Waals surface area contributed by atoms with Gasteiger partial charge in [-0.2, -0.15) is 0 Å². The molecule has 0 aliphatic carbocycles. The second-order valence-corrected chi connectivity index (χ2v) is 8.19. The minimum atomic E-state index is 0.568. The van der Waals surface area contributed by atoms with Gasteiger partial charge in [-0.3, -0.25) is 4.90 Å². The Kier molecular flexibility index (Phi) is 4.32. The number of fused-ring (bicyclic) bond motifs is 3. The zero-order valence-electron chi connectivity index (χ0n) is 17.3. The van der Waals surface area contributed by atoms with Crippen molar-refractivity contribution in [3.63, 3.8) is 0 Å². The van der Waals surface area contributed by atoms with Gasteiger partial charge in [0, 0.05) is 37.1 Å². The predicted molar refractivity (Wildman–Crippen MR) is 120 cm³/mol. The summed E-state index contributed by atoms with van der Waals surface area (Å²) in [5, 5.41) is 0. The Morgan fingerprint density at radius 1 is 0.935 bits per heavy atom. The third kappa shape index (κ3) is 3.29. The van der Waals surface area contributed by atoms with E-state index in [1.165, 1.54) is 11.1 Å². The molecule has 0 bridgehead atoms. The number of ether oxygens (including phenoxy) is 2. The fraction of sp³-hybridized carbons (Fsp3) is 0.240. The Balaban J connectivity index is 1.42. The molecule has 0 saturated heterocycles. The van der Waals surface area contributed by atoms with Crippen LogP contribution in [-0.4, -0.2) is 34.0 Å². The number of nitrogens with zero attached hydrogens (tertiary/aromatic N) is 3. The summed E-state index contributed by atoms with van der Waals surface area (Å²) in [7, 11) is 0. The number of pyridine rings is 1. The van der Waals surface area contributed by atoms with Gasteiger partial charge in [0.05, 0.1) is 11.4 Å². The Morgan fingerprint density at radius 2 is 1.77 bits per heavy atom. The van der Waals surface area contributed by atoms with Gasteiger partial charge in [0.15, 0.2) is 11.5 Å². The minimum Gasteiger partial charge on any atom is -0.486 e. The number of hydrogen-bond acceptors (Lipinski definition) is 5. The average molecular weight is 412 g/mol. The SMILES string of the molecule is Nc1ccc2nc(-c3ccc4c(c3)OCCO4)c(CN3CCc4ccccc4C3)n2c1. The van der Waals surface area contributed by atoms with Crippen LogP contribution in [0.15, 0.2) is 60.8 Å². The number of imidazole rings is 1. The van der Waals surface area contributed by atoms with Crippen molar-refractivity contribution in [1.82, 2.24) is 14.3 Å². The van der Waals surface area contributed by atoms with Crippen LogP contribution < -0.4 is 15.2 Å². The molecule has 6 nitrogen and oxygen atoms in total. The van der Waals surface area contributed by atoms with Crippen molar-refractivity contribution in [3.8, 4) is 22.8 Å². The third-order valence-corrected chi connectivity index (χ3v) is 6.14. The molecule has 4 heterocycles. The van der Waals surface area contributed by atoms with Crippen LogP contribution >= 0.6 is 0 Å². The number of hydrogen-bond donors (Lipinski definition) is 1. The Labute approximate surface area is 180 Å². The molecule has 6 rings (SSSR count). The van der Waals surface area contributed by atoms with Gasteiger partial charge in [-0.15, -0.1) is 0 Å². The second-order valence-electron chi connectivity index (χ2n) is 8.19. The van der Waals surface area contributed by atoms with Gasteiger partial charge >= 0.3 is 0 Å². The highest BCUT2D eigenvalue weighted by Gasteiger charge is 2.22. The standard InChI is InChI=1S/C25H24N4O2/c26-20-6-8-24-27-25(18-5-7-22-23(13-18)31-12-11-30-22)21(29(24)15-20)16-28-10-9-17-3-1-2-4-19(17)14-28/h1-8,13,15H,9-12,14,16,26H2. The summed E-state index contributed by atoms with van der Waals surface area (Å²) in [6.45, 7) is 3.90. The first kappa shape index (κ1) is 18.3. The van der Waals surface area contributed by atoms with Gasteiger partial charge in [-0.25, -0.2) is 4.98 Å². The lowest BCUT2D eigenvalue weighted by Crippen LogP contribution is -2.30. The number of aromatic nitrogens is 2. The molecule has 0 saturated carbocycles. The van der Waals surface area contributed by atoms with Gasteiger partial charge in [0.2, 0.25) is 0 Å². The normalized spacial score (nSPS) is 15.7. The van der Waals surface area contributed by atoms with Gasteiger partial charge in [0.25, 0.3) is 0 Å². The van der Waals surface area contributed by atoms with E-state index in [1.54, 1.807) is 0 Å². The van der Waals surface area contributed by atoms with E-state index >= 15 is 0 Å². The summed E-state index contributed by atoms with van der Waals surface area (Å²) in [6.07, 6.45) is 3.03. The van der Waals surface area contributed by atoms with Crippen LogP contribution in [0.2, 0.25) is 0 Å². The maximum atomic E-state index is 6.13. The van der Waals surface area contributed by atoms with E-state index in [0.717, 1.165) is 65.8 Å². The Bertz CT molecular complexity index is 1280. The average Bonchev–Trinajstić information content (AvgIpc) is 3.16. The summed E-state index contributed by atoms with van der Waals surface area (Å²) in [6, 6.07) is 18.7. The number of anilines is 1. The largest absolute Gasteiger partial charge is 0.486 e. The molecule has 2 aliphatic rings. The number of benzene rings is 2. The molecule has 0 amide bonds. The van der Waals surface area contributed by atoms with Crippen molar-refractivity contribution in [2.45, 2.75) is 19.5 Å². The number of nitrogens with two attached hydrogens (primary N) is 1. The molecule has 156 valence electrons. The molecular weight excluding hydrogens is 388 g/mol. The van der Waals surface area contributed by atoms with Gasteiger partial charge in [-0.1, -0.05) is 24.3 Å². The van der Waals surface area contributed by atoms with Crippen LogP contribution in [0, 0.1) is 0 Å². The van der Waals surface area contributed by atoms with Crippen molar-refractivity contribution in [2.24, 2.45) is 0 Å². The van der Waals surface area contributed by atoms with E-state index in [0.29, 0.717) is 13.2 Å². The zero-order chi connectivity index (χ0) is 20.8. The monoisotopic (exact) mass is 412 g/mol. The highest BCUT2D eigenvalue weighted by molar-refractivity contribution is 5.70. The lowest BCUT2D eigenvalue weighted by atomic mass is 9.99. The number of rotatable bonds is 3. The molecule has 0 spiro atoms. The van der Waals surface area contributed by atoms with Crippen LogP contribution in [0.1, 0.15) is 16.8 Å². The summed E-state index contributed by atoms with van der Waals surface area (Å²) >= 11 is 0. The molecule has 0 radical (unpaired) electrons. The predicted octanol–water partition coefficient (Wildman–Crippen LogP) is 3.91. The van der Waals surface area contributed by atoms with Crippen molar-refractivity contribution < 1.29 is 9.47 Å². The molecule has 2 aromatic carbocycles. The van der Waals surface area contributed by atoms with Crippen LogP contribution in [0.5, 0.6) is 11.5 Å². The van der Waals surface area contributed by atoms with E-state index in [1.807, 2.05) is 30.5 Å². The fourth-order valence-corrected chi connectivity index (χ4v) is 4.58. The molecule has 4 aromatic rings. The molecule has 0 unspecified atom stereocenters. The second kappa shape index (κ2) is 7.32. The minimum absolute atomic E-state index is 0.568. The van der Waals surface area contributed by atoms with Gasteiger partial charge < -0.3 is 19.6 Å². The first-order chi connectivity index (χ1) is 15.2. The smallest absolute Gasteiger partial charge is 0.162 e. The zero-order valence-corrected chi connectivity index (χ0v) is 17.3. The van der Waals surface area contributed by atoms with Crippen LogP contribution in [0.4, 0.5) is 5.69 Å². The van der Waals surface area contributed by atoms with E-state index in [4.69, 9.17) is 20.2 Å². The Morgan fingerprint density at radius 3 is 2.68 bits per heavy atom. The lowest BCUT2D eigenvalue weighted by molar-refractivity contribution is 0.171. The highest BCUT2D eigenvalue weighted by atomic mass is 16.6. The summed E-state index contributed by atoms with van der Waals surface area (Å²) in [4.78, 5) is 7.45. The van der Waals surface area contributed by atoms with E-state index in [2.05, 4.69) is 39.6 Å². The molecule has 2 aromatic heterocycles.